The van der Waals surface area contributed by atoms with Crippen molar-refractivity contribution >= 4 is 170 Å². The topological polar surface area (TPSA) is 282 Å². The summed E-state index contributed by atoms with van der Waals surface area (Å²) in [5, 5.41) is 22.2. The highest BCUT2D eigenvalue weighted by Crippen LogP contribution is 2.21. The largest absolute Gasteiger partial charge is 0.478 e. The number of alkyl halides is 2. The number of rotatable bonds is 14. The second-order valence-electron chi connectivity index (χ2n) is 13.0. The third-order valence-corrected chi connectivity index (χ3v) is 15.4. The Morgan fingerprint density at radius 2 is 0.681 bits per heavy atom. The van der Waals surface area contributed by atoms with Gasteiger partial charge >= 0.3 is 35.8 Å². The fourth-order valence-electron chi connectivity index (χ4n) is 4.30. The summed E-state index contributed by atoms with van der Waals surface area (Å²) in [7, 11) is 5.25. The zero-order chi connectivity index (χ0) is 54.8. The van der Waals surface area contributed by atoms with Crippen molar-refractivity contribution in [3.8, 4) is 0 Å². The maximum atomic E-state index is 11.1. The predicted molar refractivity (Wildman–Crippen MR) is 281 cm³/mol. The number of ketones is 6. The van der Waals surface area contributed by atoms with Crippen LogP contribution in [0, 0.1) is 0 Å². The minimum Gasteiger partial charge on any atom is -0.478 e. The van der Waals surface area contributed by atoms with E-state index in [9.17, 15) is 57.5 Å². The predicted octanol–water partition coefficient (Wildman–Crippen LogP) is 11.0. The van der Waals surface area contributed by atoms with Crippen LogP contribution in [-0.2, 0) is 18.9 Å². The number of methoxy groups -OCH3 is 4. The molecule has 6 aromatic heterocycles. The number of ether oxygens (including phenoxy) is 4. The Labute approximate surface area is 451 Å². The van der Waals surface area contributed by atoms with Crippen molar-refractivity contribution in [1.29, 1.82) is 0 Å². The van der Waals surface area contributed by atoms with E-state index in [1.807, 2.05) is 0 Å². The van der Waals surface area contributed by atoms with Crippen molar-refractivity contribution in [3.05, 3.63) is 131 Å². The van der Waals surface area contributed by atoms with Gasteiger partial charge in [-0.2, -0.15) is 0 Å². The molecule has 0 saturated carbocycles. The van der Waals surface area contributed by atoms with E-state index >= 15 is 0 Å². The standard InChI is InChI=1S/2C8H7BrO3S.2C8H8O3S.2C7H6O3S/c1-12-8(11)5-2-7(13-4-5)6(10)3-9;1-12-8(11)7-3-2-6(13-7)5(10)4-9;1-5(9)7-3-6(4-12-7)8(10)11-2;1-5(9)6-3-4-7(12-6)8(10)11-2;1-4(8)6-2-5(3-11-6)7(9)10;1-4(8)5-2-3-6(11-5)7(9)10/h2,4H,3H2,1H3;2-3H,4H2,1H3;2*3-4H,1-2H3;2*2-3H,1H3,(H,9,10). The van der Waals surface area contributed by atoms with Crippen LogP contribution in [0.5, 0.6) is 0 Å². The first-order valence-corrected chi connectivity index (χ1v) is 26.8. The van der Waals surface area contributed by atoms with Gasteiger partial charge < -0.3 is 29.2 Å². The van der Waals surface area contributed by atoms with Gasteiger partial charge in [-0.3, -0.25) is 28.8 Å². The molecule has 0 radical (unpaired) electrons. The van der Waals surface area contributed by atoms with Crippen LogP contribution in [-0.4, -0.2) is 120 Å². The van der Waals surface area contributed by atoms with Gasteiger partial charge in [0.15, 0.2) is 34.7 Å². The van der Waals surface area contributed by atoms with Crippen molar-refractivity contribution in [3.63, 3.8) is 0 Å². The summed E-state index contributed by atoms with van der Waals surface area (Å²) in [6.07, 6.45) is 0. The molecule has 6 aromatic rings. The van der Waals surface area contributed by atoms with Crippen LogP contribution in [0.2, 0.25) is 0 Å². The van der Waals surface area contributed by atoms with E-state index in [0.29, 0.717) is 50.1 Å². The van der Waals surface area contributed by atoms with E-state index in [2.05, 4.69) is 50.8 Å². The number of Topliss-reactive ketones (excluding diaryl/α,β-unsaturated/α-hetero) is 6. The SMILES string of the molecule is CC(=O)c1cc(C(=O)O)cs1.CC(=O)c1ccc(C(=O)O)s1.COC(=O)c1ccc(C(=O)CBr)s1.COC(=O)c1ccc(C(C)=O)s1.COC(=O)c1csc(C(=O)CBr)c1.COC(=O)c1csc(C(C)=O)c1. The summed E-state index contributed by atoms with van der Waals surface area (Å²) < 4.78 is 18.0. The highest BCUT2D eigenvalue weighted by Gasteiger charge is 2.15. The number of thiophene rings is 6. The summed E-state index contributed by atoms with van der Waals surface area (Å²) in [4.78, 5) is 134. The molecular weight excluding hydrogens is 1190 g/mol. The molecule has 18 nitrogen and oxygen atoms in total. The van der Waals surface area contributed by atoms with Crippen LogP contribution in [0.4, 0.5) is 0 Å². The Hall–Kier alpha value is -6.00. The lowest BCUT2D eigenvalue weighted by Crippen LogP contribution is -2.00. The minimum atomic E-state index is -0.992. The highest BCUT2D eigenvalue weighted by molar-refractivity contribution is 9.09. The molecule has 0 fully saturated rings. The zero-order valence-electron chi connectivity index (χ0n) is 39.0. The molecule has 0 saturated heterocycles. The number of carbonyl (C=O) groups excluding carboxylic acids is 10. The van der Waals surface area contributed by atoms with Crippen molar-refractivity contribution in [1.82, 2.24) is 0 Å². The molecule has 72 heavy (non-hydrogen) atoms. The van der Waals surface area contributed by atoms with E-state index in [0.717, 1.165) is 45.3 Å². The molecule has 384 valence electrons. The number of halogens is 2. The zero-order valence-corrected chi connectivity index (χ0v) is 47.0. The number of esters is 4. The van der Waals surface area contributed by atoms with Gasteiger partial charge in [-0.1, -0.05) is 31.9 Å². The van der Waals surface area contributed by atoms with Gasteiger partial charge in [0.25, 0.3) is 0 Å². The monoisotopic (exact) mass is 1230 g/mol. The molecule has 6 rings (SSSR count). The van der Waals surface area contributed by atoms with Crippen LogP contribution in [0.15, 0.2) is 70.7 Å². The molecule has 0 spiro atoms. The Balaban J connectivity index is 0.000000432. The van der Waals surface area contributed by atoms with Crippen LogP contribution in [0.3, 0.4) is 0 Å². The average Bonchev–Trinajstić information content (AvgIpc) is 4.22. The van der Waals surface area contributed by atoms with Crippen molar-refractivity contribution in [2.24, 2.45) is 0 Å². The molecule has 0 atom stereocenters. The first-order chi connectivity index (χ1) is 33.9. The molecule has 0 amide bonds. The fraction of sp³-hybridized carbons (Fsp3) is 0.217. The van der Waals surface area contributed by atoms with Gasteiger partial charge in [0.1, 0.15) is 14.6 Å². The highest BCUT2D eigenvalue weighted by atomic mass is 79.9. The Bertz CT molecular complexity index is 2580. The number of hydrogen-bond donors (Lipinski definition) is 2. The second-order valence-corrected chi connectivity index (χ2v) is 20.1. The summed E-state index contributed by atoms with van der Waals surface area (Å²) in [5.74, 6) is -3.90. The Morgan fingerprint density at radius 1 is 0.389 bits per heavy atom. The maximum absolute atomic E-state index is 11.1. The van der Waals surface area contributed by atoms with E-state index < -0.39 is 35.8 Å². The van der Waals surface area contributed by atoms with Crippen molar-refractivity contribution < 1.29 is 86.7 Å². The van der Waals surface area contributed by atoms with E-state index in [1.54, 1.807) is 47.2 Å². The van der Waals surface area contributed by atoms with Gasteiger partial charge in [0, 0.05) is 16.1 Å². The number of carboxylic acid groups (broad SMARTS) is 2. The lowest BCUT2D eigenvalue weighted by molar-refractivity contribution is 0.0592. The molecule has 0 bridgehead atoms. The first-order valence-electron chi connectivity index (χ1n) is 19.5. The van der Waals surface area contributed by atoms with E-state index in [-0.39, 0.29) is 55.8 Å². The molecule has 0 unspecified atom stereocenters. The van der Waals surface area contributed by atoms with Gasteiger partial charge in [-0.15, -0.1) is 68.0 Å². The second kappa shape index (κ2) is 32.9. The summed E-state index contributed by atoms with van der Waals surface area (Å²) in [5.41, 5.74) is 1.05. The third-order valence-electron chi connectivity index (χ3n) is 7.87. The average molecular weight is 1240 g/mol. The fourth-order valence-corrected chi connectivity index (χ4v) is 10.1. The van der Waals surface area contributed by atoms with Crippen LogP contribution in [0.25, 0.3) is 0 Å². The molecule has 0 aliphatic rings. The minimum absolute atomic E-state index is 0.0276. The van der Waals surface area contributed by atoms with Crippen LogP contribution in [0.1, 0.15) is 146 Å². The number of carbonyl (C=O) groups is 12. The van der Waals surface area contributed by atoms with Crippen molar-refractivity contribution in [2.45, 2.75) is 27.7 Å². The summed E-state index contributed by atoms with van der Waals surface area (Å²) >= 11 is 13.1. The summed E-state index contributed by atoms with van der Waals surface area (Å²) in [6, 6.07) is 13.9. The third kappa shape index (κ3) is 21.8. The van der Waals surface area contributed by atoms with Gasteiger partial charge in [-0.25, -0.2) is 28.8 Å². The van der Waals surface area contributed by atoms with Crippen LogP contribution < -0.4 is 0 Å². The van der Waals surface area contributed by atoms with E-state index in [4.69, 9.17) is 10.2 Å². The van der Waals surface area contributed by atoms with Gasteiger partial charge in [0.05, 0.1) is 85.1 Å². The Morgan fingerprint density at radius 3 is 0.986 bits per heavy atom. The number of carboxylic acids is 2. The molecule has 0 aliphatic heterocycles. The number of hydrogen-bond acceptors (Lipinski definition) is 22. The molecule has 2 N–H and O–H groups in total. The smallest absolute Gasteiger partial charge is 0.348 e. The maximum Gasteiger partial charge on any atom is 0.348 e. The van der Waals surface area contributed by atoms with E-state index in [1.165, 1.54) is 102 Å². The van der Waals surface area contributed by atoms with Crippen molar-refractivity contribution in [2.75, 3.05) is 39.1 Å². The molecule has 6 heterocycles. The van der Waals surface area contributed by atoms with Gasteiger partial charge in [0.2, 0.25) is 0 Å². The molecular formula is C46H42Br2O18S6. The lowest BCUT2D eigenvalue weighted by Gasteiger charge is -1.92. The summed E-state index contributed by atoms with van der Waals surface area (Å²) in [6.45, 7) is 5.76. The quantitative estimate of drug-likeness (QED) is 0.0443. The lowest BCUT2D eigenvalue weighted by atomic mass is 10.3. The van der Waals surface area contributed by atoms with Gasteiger partial charge in [-0.05, 0) is 82.3 Å². The number of aromatic carboxylic acids is 2. The molecule has 0 aliphatic carbocycles. The molecule has 26 heteroatoms. The normalized spacial score (nSPS) is 9.58. The van der Waals surface area contributed by atoms with Crippen LogP contribution >= 0.6 is 99.9 Å². The molecule has 0 aromatic carbocycles. The Kier molecular flexibility index (Phi) is 29.2. The first kappa shape index (κ1) is 64.0.